The molecule has 2 atom stereocenters. The van der Waals surface area contributed by atoms with Gasteiger partial charge in [-0.3, -0.25) is 10.2 Å². The fourth-order valence-electron chi connectivity index (χ4n) is 1.97. The van der Waals surface area contributed by atoms with E-state index >= 15 is 0 Å². The van der Waals surface area contributed by atoms with E-state index in [1.165, 1.54) is 0 Å². The van der Waals surface area contributed by atoms with E-state index in [1.54, 1.807) is 5.32 Å². The fourth-order valence-corrected chi connectivity index (χ4v) is 2.20. The highest BCUT2D eigenvalue weighted by molar-refractivity contribution is 6.33. The number of rotatable bonds is 2. The van der Waals surface area contributed by atoms with Crippen LogP contribution in [0.1, 0.15) is 10.4 Å². The molecule has 23 heavy (non-hydrogen) atoms. The Bertz CT molecular complexity index is 680. The molecule has 6 nitrogen and oxygen atoms in total. The van der Waals surface area contributed by atoms with Crippen molar-refractivity contribution in [1.29, 1.82) is 0 Å². The Morgan fingerprint density at radius 1 is 1.35 bits per heavy atom. The van der Waals surface area contributed by atoms with E-state index in [1.807, 2.05) is 0 Å². The van der Waals surface area contributed by atoms with E-state index in [0.717, 1.165) is 0 Å². The number of anilines is 1. The molecule has 1 aromatic rings. The van der Waals surface area contributed by atoms with Crippen LogP contribution in [0.25, 0.3) is 0 Å². The summed E-state index contributed by atoms with van der Waals surface area (Å²) in [6, 6.07) is -1.07. The van der Waals surface area contributed by atoms with Crippen molar-refractivity contribution in [3.05, 3.63) is 40.5 Å². The predicted octanol–water partition coefficient (Wildman–Crippen LogP) is 2.19. The summed E-state index contributed by atoms with van der Waals surface area (Å²) in [6.07, 6.45) is -6.64. The van der Waals surface area contributed by atoms with Crippen LogP contribution < -0.4 is 10.2 Å². The first-order valence-corrected chi connectivity index (χ1v) is 6.33. The molecule has 0 amide bonds. The van der Waals surface area contributed by atoms with Gasteiger partial charge in [0.25, 0.3) is 0 Å². The largest absolute Gasteiger partial charge is 0.495 e. The van der Waals surface area contributed by atoms with Crippen molar-refractivity contribution in [1.82, 2.24) is 5.32 Å². The lowest BCUT2D eigenvalue weighted by atomic mass is 10.1. The Kier molecular flexibility index (Phi) is 4.42. The Labute approximate surface area is 131 Å². The normalized spacial score (nSPS) is 22.0. The number of benzene rings is 1. The van der Waals surface area contributed by atoms with Crippen molar-refractivity contribution in [2.45, 2.75) is 18.6 Å². The van der Waals surface area contributed by atoms with Crippen molar-refractivity contribution >= 4 is 23.3 Å². The summed E-state index contributed by atoms with van der Waals surface area (Å²) in [4.78, 5) is 11.3. The van der Waals surface area contributed by atoms with Gasteiger partial charge in [0, 0.05) is 6.08 Å². The topological polar surface area (TPSA) is 93.0 Å². The van der Waals surface area contributed by atoms with Gasteiger partial charge in [0.1, 0.15) is 11.9 Å². The van der Waals surface area contributed by atoms with Crippen LogP contribution in [0.3, 0.4) is 0 Å². The van der Waals surface area contributed by atoms with Crippen LogP contribution in [0.5, 0.6) is 0 Å². The average molecular weight is 357 g/mol. The molecule has 1 aliphatic heterocycles. The molecule has 0 spiro atoms. The van der Waals surface area contributed by atoms with Crippen molar-refractivity contribution in [3.8, 4) is 0 Å². The molecular formula is C12H9ClF4N2O4. The van der Waals surface area contributed by atoms with Gasteiger partial charge in [0.2, 0.25) is 0 Å². The van der Waals surface area contributed by atoms with E-state index in [4.69, 9.17) is 16.7 Å². The molecule has 0 fully saturated rings. The predicted molar refractivity (Wildman–Crippen MR) is 70.5 cm³/mol. The number of carboxylic acid groups (broad SMARTS) is 1. The molecule has 1 aromatic carbocycles. The van der Waals surface area contributed by atoms with Gasteiger partial charge >= 0.3 is 12.1 Å². The minimum atomic E-state index is -4.80. The molecule has 126 valence electrons. The summed E-state index contributed by atoms with van der Waals surface area (Å²) in [5.41, 5.74) is -1.22. The number of aliphatic hydroxyl groups is 2. The van der Waals surface area contributed by atoms with E-state index in [2.05, 4.69) is 0 Å². The number of carbonyl (C=O) groups is 1. The molecule has 4 N–H and O–H groups in total. The van der Waals surface area contributed by atoms with Crippen LogP contribution in [-0.4, -0.2) is 39.9 Å². The lowest BCUT2D eigenvalue weighted by Gasteiger charge is -2.36. The lowest BCUT2D eigenvalue weighted by Crippen LogP contribution is -2.57. The van der Waals surface area contributed by atoms with Crippen LogP contribution >= 0.6 is 11.6 Å². The number of hydrogen-bond donors (Lipinski definition) is 4. The third-order valence-corrected chi connectivity index (χ3v) is 3.33. The first-order chi connectivity index (χ1) is 10.5. The zero-order valence-corrected chi connectivity index (χ0v) is 11.7. The summed E-state index contributed by atoms with van der Waals surface area (Å²) in [5, 5.41) is 29.6. The van der Waals surface area contributed by atoms with Crippen molar-refractivity contribution in [2.24, 2.45) is 0 Å². The standard InChI is InChI=1S/C12H9ClF4N2O4/c13-5-2-6(14)7(1-4(5)10(21)22)19-9(20)3-8(12(15,16)17)18-11(19)23/h1-3,8,11,18,20,23H,(H,21,22). The number of aliphatic hydroxyl groups excluding tert-OH is 2. The van der Waals surface area contributed by atoms with Gasteiger partial charge in [0.15, 0.2) is 12.2 Å². The van der Waals surface area contributed by atoms with Gasteiger partial charge in [-0.1, -0.05) is 11.6 Å². The second-order valence-electron chi connectivity index (χ2n) is 4.54. The SMILES string of the molecule is O=C(O)c1cc(N2C(O)=CC(C(F)(F)F)NC2O)c(F)cc1Cl. The maximum atomic E-state index is 13.9. The van der Waals surface area contributed by atoms with Gasteiger partial charge in [-0.05, 0) is 12.1 Å². The Morgan fingerprint density at radius 2 is 1.96 bits per heavy atom. The number of aromatic carboxylic acids is 1. The number of nitrogens with zero attached hydrogens (tertiary/aromatic N) is 1. The highest BCUT2D eigenvalue weighted by atomic mass is 35.5. The molecule has 0 aliphatic carbocycles. The fraction of sp³-hybridized carbons (Fsp3) is 0.250. The van der Waals surface area contributed by atoms with Gasteiger partial charge in [-0.25, -0.2) is 9.18 Å². The summed E-state index contributed by atoms with van der Waals surface area (Å²) < 4.78 is 51.7. The maximum Gasteiger partial charge on any atom is 0.407 e. The van der Waals surface area contributed by atoms with Crippen LogP contribution in [0, 0.1) is 5.82 Å². The maximum absolute atomic E-state index is 13.9. The molecule has 1 heterocycles. The van der Waals surface area contributed by atoms with Crippen molar-refractivity contribution < 1.29 is 37.7 Å². The van der Waals surface area contributed by atoms with Crippen LogP contribution in [0.4, 0.5) is 23.2 Å². The van der Waals surface area contributed by atoms with Crippen LogP contribution in [-0.2, 0) is 0 Å². The average Bonchev–Trinajstić information content (AvgIpc) is 2.38. The van der Waals surface area contributed by atoms with Gasteiger partial charge in [0.05, 0.1) is 16.3 Å². The lowest BCUT2D eigenvalue weighted by molar-refractivity contribution is -0.154. The van der Waals surface area contributed by atoms with E-state index in [0.29, 0.717) is 23.1 Å². The Balaban J connectivity index is 2.50. The van der Waals surface area contributed by atoms with E-state index in [-0.39, 0.29) is 0 Å². The Hall–Kier alpha value is -2.04. The molecule has 2 unspecified atom stereocenters. The molecule has 0 aromatic heterocycles. The quantitative estimate of drug-likeness (QED) is 0.607. The highest BCUT2D eigenvalue weighted by Crippen LogP contribution is 2.33. The van der Waals surface area contributed by atoms with Crippen molar-refractivity contribution in [3.63, 3.8) is 0 Å². The summed E-state index contributed by atoms with van der Waals surface area (Å²) in [6.45, 7) is 0. The van der Waals surface area contributed by atoms with Crippen LogP contribution in [0.15, 0.2) is 24.1 Å². The molecule has 0 saturated heterocycles. The summed E-state index contributed by atoms with van der Waals surface area (Å²) in [7, 11) is 0. The van der Waals surface area contributed by atoms with E-state index < -0.39 is 52.5 Å². The summed E-state index contributed by atoms with van der Waals surface area (Å²) in [5.74, 6) is -3.77. The zero-order valence-electron chi connectivity index (χ0n) is 11.0. The van der Waals surface area contributed by atoms with Gasteiger partial charge < -0.3 is 15.3 Å². The highest BCUT2D eigenvalue weighted by Gasteiger charge is 2.44. The molecule has 0 saturated carbocycles. The third-order valence-electron chi connectivity index (χ3n) is 3.01. The Morgan fingerprint density at radius 3 is 2.43 bits per heavy atom. The minimum Gasteiger partial charge on any atom is -0.495 e. The smallest absolute Gasteiger partial charge is 0.407 e. The molecule has 0 bridgehead atoms. The number of hydrogen-bond acceptors (Lipinski definition) is 5. The minimum absolute atomic E-state index is 0.307. The van der Waals surface area contributed by atoms with Crippen LogP contribution in [0.2, 0.25) is 5.02 Å². The molecule has 1 aliphatic rings. The first-order valence-electron chi connectivity index (χ1n) is 5.95. The van der Waals surface area contributed by atoms with Gasteiger partial charge in [-0.2, -0.15) is 13.2 Å². The zero-order chi connectivity index (χ0) is 17.5. The van der Waals surface area contributed by atoms with Crippen molar-refractivity contribution in [2.75, 3.05) is 4.90 Å². The third kappa shape index (κ3) is 3.33. The second kappa shape index (κ2) is 5.87. The summed E-state index contributed by atoms with van der Waals surface area (Å²) >= 11 is 5.55. The molecule has 0 radical (unpaired) electrons. The molecule has 11 heteroatoms. The number of carboxylic acids is 1. The molecule has 2 rings (SSSR count). The van der Waals surface area contributed by atoms with Gasteiger partial charge in [-0.15, -0.1) is 0 Å². The monoisotopic (exact) mass is 356 g/mol. The molecular weight excluding hydrogens is 348 g/mol. The number of halogens is 5. The first kappa shape index (κ1) is 17.3. The number of nitrogens with one attached hydrogen (secondary N) is 1. The number of alkyl halides is 3. The second-order valence-corrected chi connectivity index (χ2v) is 4.95. The van der Waals surface area contributed by atoms with E-state index in [9.17, 15) is 32.6 Å².